The van der Waals surface area contributed by atoms with Crippen LogP contribution in [0.1, 0.15) is 32.1 Å². The summed E-state index contributed by atoms with van der Waals surface area (Å²) in [4.78, 5) is 25.2. The van der Waals surface area contributed by atoms with Crippen molar-refractivity contribution in [3.05, 3.63) is 23.3 Å². The summed E-state index contributed by atoms with van der Waals surface area (Å²) < 4.78 is 0. The fraction of sp³-hybridized carbons (Fsp3) is 0.571. The van der Waals surface area contributed by atoms with Crippen molar-refractivity contribution in [1.82, 2.24) is 10.2 Å². The molecule has 3 rings (SSSR count). The van der Waals surface area contributed by atoms with Gasteiger partial charge in [-0.25, -0.2) is 0 Å². The first-order valence-corrected chi connectivity index (χ1v) is 6.70. The summed E-state index contributed by atoms with van der Waals surface area (Å²) in [5.41, 5.74) is 2.85. The van der Waals surface area contributed by atoms with Gasteiger partial charge in [0.2, 0.25) is 11.8 Å². The van der Waals surface area contributed by atoms with Crippen molar-refractivity contribution in [2.75, 3.05) is 13.1 Å². The van der Waals surface area contributed by atoms with E-state index < -0.39 is 0 Å². The Bertz CT molecular complexity index is 451. The molecule has 4 nitrogen and oxygen atoms in total. The van der Waals surface area contributed by atoms with E-state index in [1.807, 2.05) is 0 Å². The number of nitrogens with one attached hydrogen (secondary N) is 1. The van der Waals surface area contributed by atoms with Crippen LogP contribution in [0.3, 0.4) is 0 Å². The molecular weight excluding hydrogens is 228 g/mol. The zero-order chi connectivity index (χ0) is 12.5. The summed E-state index contributed by atoms with van der Waals surface area (Å²) >= 11 is 0. The minimum Gasteiger partial charge on any atom is -0.295 e. The molecule has 2 heterocycles. The van der Waals surface area contributed by atoms with Crippen LogP contribution in [0, 0.1) is 0 Å². The number of hydrogen-bond acceptors (Lipinski definition) is 3. The van der Waals surface area contributed by atoms with Gasteiger partial charge < -0.3 is 0 Å². The lowest BCUT2D eigenvalue weighted by Gasteiger charge is -2.38. The van der Waals surface area contributed by atoms with Crippen LogP contribution in [0.2, 0.25) is 0 Å². The second-order valence-electron chi connectivity index (χ2n) is 5.22. The van der Waals surface area contributed by atoms with Gasteiger partial charge in [0.05, 0.1) is 6.04 Å². The highest BCUT2D eigenvalue weighted by molar-refractivity contribution is 6.00. The maximum absolute atomic E-state index is 11.9. The Labute approximate surface area is 107 Å². The molecule has 0 radical (unpaired) electrons. The van der Waals surface area contributed by atoms with Crippen LogP contribution in [-0.2, 0) is 9.59 Å². The summed E-state index contributed by atoms with van der Waals surface area (Å²) in [6.07, 6.45) is 9.05. The molecule has 18 heavy (non-hydrogen) atoms. The fourth-order valence-electron chi connectivity index (χ4n) is 3.06. The minimum atomic E-state index is -0.134. The number of allylic oxidation sites excluding steroid dienone is 2. The smallest absolute Gasteiger partial charge is 0.243 e. The number of carbonyl (C=O) groups excluding carboxylic acids is 2. The van der Waals surface area contributed by atoms with Gasteiger partial charge in [-0.3, -0.25) is 19.8 Å². The lowest BCUT2D eigenvalue weighted by molar-refractivity contribution is -0.137. The number of nitrogens with zero attached hydrogens (tertiary/aromatic N) is 1. The first-order chi connectivity index (χ1) is 8.74. The molecule has 0 bridgehead atoms. The van der Waals surface area contributed by atoms with Crippen LogP contribution in [0.25, 0.3) is 0 Å². The van der Waals surface area contributed by atoms with Gasteiger partial charge in [-0.2, -0.15) is 0 Å². The molecular formula is C14H18N2O2. The fourth-order valence-corrected chi connectivity index (χ4v) is 3.06. The zero-order valence-electron chi connectivity index (χ0n) is 10.4. The van der Waals surface area contributed by atoms with E-state index in [2.05, 4.69) is 22.4 Å². The topological polar surface area (TPSA) is 49.4 Å². The lowest BCUT2D eigenvalue weighted by atomic mass is 9.90. The van der Waals surface area contributed by atoms with Gasteiger partial charge in [0, 0.05) is 19.5 Å². The van der Waals surface area contributed by atoms with Crippen molar-refractivity contribution >= 4 is 11.8 Å². The largest absolute Gasteiger partial charge is 0.295 e. The van der Waals surface area contributed by atoms with E-state index in [1.165, 1.54) is 11.1 Å². The second-order valence-corrected chi connectivity index (χ2v) is 5.22. The molecule has 96 valence electrons. The van der Waals surface area contributed by atoms with Crippen LogP contribution in [0.5, 0.6) is 0 Å². The SMILES string of the molecule is O=C1CCC(N2CCC3=CCCC=C3C2)C(=O)N1. The van der Waals surface area contributed by atoms with E-state index in [0.29, 0.717) is 12.8 Å². The summed E-state index contributed by atoms with van der Waals surface area (Å²) in [5.74, 6) is -0.249. The molecule has 1 unspecified atom stereocenters. The van der Waals surface area contributed by atoms with Gasteiger partial charge in [0.1, 0.15) is 0 Å². The molecule has 3 aliphatic rings. The second kappa shape index (κ2) is 4.69. The molecule has 0 saturated carbocycles. The van der Waals surface area contributed by atoms with Crippen LogP contribution < -0.4 is 5.32 Å². The third kappa shape index (κ3) is 2.12. The van der Waals surface area contributed by atoms with E-state index >= 15 is 0 Å². The Morgan fingerprint density at radius 1 is 1.11 bits per heavy atom. The maximum Gasteiger partial charge on any atom is 0.243 e. The molecule has 2 amide bonds. The van der Waals surface area contributed by atoms with Crippen molar-refractivity contribution in [2.45, 2.75) is 38.1 Å². The Morgan fingerprint density at radius 3 is 2.67 bits per heavy atom. The molecule has 2 aliphatic heterocycles. The summed E-state index contributed by atoms with van der Waals surface area (Å²) in [7, 11) is 0. The summed E-state index contributed by atoms with van der Waals surface area (Å²) in [6.45, 7) is 1.79. The van der Waals surface area contributed by atoms with E-state index in [4.69, 9.17) is 0 Å². The maximum atomic E-state index is 11.9. The molecule has 2 saturated heterocycles. The van der Waals surface area contributed by atoms with Gasteiger partial charge in [0.15, 0.2) is 0 Å². The highest BCUT2D eigenvalue weighted by Gasteiger charge is 2.34. The first kappa shape index (κ1) is 11.7. The van der Waals surface area contributed by atoms with Gasteiger partial charge in [-0.05, 0) is 36.8 Å². The molecule has 0 aromatic carbocycles. The predicted molar refractivity (Wildman–Crippen MR) is 67.8 cm³/mol. The van der Waals surface area contributed by atoms with E-state index in [9.17, 15) is 9.59 Å². The molecule has 4 heteroatoms. The first-order valence-electron chi connectivity index (χ1n) is 6.70. The average Bonchev–Trinajstić information content (AvgIpc) is 2.38. The van der Waals surface area contributed by atoms with Crippen molar-refractivity contribution in [3.8, 4) is 0 Å². The van der Waals surface area contributed by atoms with Crippen LogP contribution in [0.15, 0.2) is 23.3 Å². The number of piperidine rings is 2. The molecule has 0 aromatic rings. The van der Waals surface area contributed by atoms with Gasteiger partial charge in [-0.15, -0.1) is 0 Å². The number of likely N-dealkylation sites (tertiary alicyclic amines) is 1. The normalized spacial score (nSPS) is 29.2. The van der Waals surface area contributed by atoms with E-state index in [-0.39, 0.29) is 17.9 Å². The Morgan fingerprint density at radius 2 is 1.89 bits per heavy atom. The minimum absolute atomic E-state index is 0.116. The van der Waals surface area contributed by atoms with Crippen molar-refractivity contribution in [2.24, 2.45) is 0 Å². The molecule has 1 atom stereocenters. The highest BCUT2D eigenvalue weighted by atomic mass is 16.2. The Hall–Kier alpha value is -1.42. The number of carbonyl (C=O) groups is 2. The number of imide groups is 1. The van der Waals surface area contributed by atoms with Gasteiger partial charge in [0.25, 0.3) is 0 Å². The van der Waals surface area contributed by atoms with E-state index in [1.54, 1.807) is 0 Å². The van der Waals surface area contributed by atoms with E-state index in [0.717, 1.165) is 32.4 Å². The lowest BCUT2D eigenvalue weighted by Crippen LogP contribution is -2.54. The van der Waals surface area contributed by atoms with Crippen molar-refractivity contribution in [3.63, 3.8) is 0 Å². The molecule has 0 aromatic heterocycles. The number of hydrogen-bond donors (Lipinski definition) is 1. The molecule has 2 fully saturated rings. The van der Waals surface area contributed by atoms with Crippen molar-refractivity contribution in [1.29, 1.82) is 0 Å². The molecule has 1 N–H and O–H groups in total. The molecule has 1 aliphatic carbocycles. The zero-order valence-corrected chi connectivity index (χ0v) is 10.4. The number of fused-ring (bicyclic) bond motifs is 1. The molecule has 0 spiro atoms. The standard InChI is InChI=1S/C14H18N2O2/c17-13-6-5-12(14(18)15-13)16-8-7-10-3-1-2-4-11(10)9-16/h3-4,12H,1-2,5-9H2,(H,15,17,18). The summed E-state index contributed by atoms with van der Waals surface area (Å²) in [6, 6.07) is -0.118. The van der Waals surface area contributed by atoms with Crippen LogP contribution in [-0.4, -0.2) is 35.8 Å². The Kier molecular flexibility index (Phi) is 3.04. The highest BCUT2D eigenvalue weighted by Crippen LogP contribution is 2.29. The quantitative estimate of drug-likeness (QED) is 0.706. The van der Waals surface area contributed by atoms with Crippen LogP contribution >= 0.6 is 0 Å². The summed E-state index contributed by atoms with van der Waals surface area (Å²) in [5, 5.41) is 2.45. The monoisotopic (exact) mass is 246 g/mol. The average molecular weight is 246 g/mol. The van der Waals surface area contributed by atoms with Crippen molar-refractivity contribution < 1.29 is 9.59 Å². The number of rotatable bonds is 1. The third-order valence-corrected chi connectivity index (χ3v) is 4.05. The Balaban J connectivity index is 1.71. The van der Waals surface area contributed by atoms with Gasteiger partial charge >= 0.3 is 0 Å². The van der Waals surface area contributed by atoms with Crippen LogP contribution in [0.4, 0.5) is 0 Å². The van der Waals surface area contributed by atoms with Gasteiger partial charge in [-0.1, -0.05) is 12.2 Å². The number of amides is 2. The third-order valence-electron chi connectivity index (χ3n) is 4.05. The predicted octanol–water partition coefficient (Wildman–Crippen LogP) is 1.14.